The third-order valence-electron chi connectivity index (χ3n) is 3.34. The second kappa shape index (κ2) is 12.4. The van der Waals surface area contributed by atoms with Gasteiger partial charge in [0.1, 0.15) is 5.01 Å². The number of carbonyl (C=O) groups excluding carboxylic acids is 3. The highest BCUT2D eigenvalue weighted by molar-refractivity contribution is 7.09. The number of aromatic nitrogens is 1. The van der Waals surface area contributed by atoms with Crippen LogP contribution in [0.2, 0.25) is 0 Å². The number of carbonyl (C=O) groups is 3. The largest absolute Gasteiger partial charge is 0.466 e. The molecular weight excluding hydrogens is 360 g/mol. The predicted molar refractivity (Wildman–Crippen MR) is 95.8 cm³/mol. The predicted octanol–water partition coefficient (Wildman–Crippen LogP) is 2.03. The van der Waals surface area contributed by atoms with E-state index >= 15 is 0 Å². The van der Waals surface area contributed by atoms with Crippen LogP contribution < -0.4 is 0 Å². The van der Waals surface area contributed by atoms with Crippen molar-refractivity contribution in [3.05, 3.63) is 16.1 Å². The molecular formula is C17H26N2O6S. The molecule has 0 saturated heterocycles. The van der Waals surface area contributed by atoms with E-state index in [1.165, 1.54) is 11.3 Å². The number of hydrogen-bond donors (Lipinski definition) is 0. The SMILES string of the molecule is CCOC(=O)CCC(=O)N(CCCOC)Cc1nc(C(=O)OCC)cs1. The normalized spacial score (nSPS) is 10.4. The quantitative estimate of drug-likeness (QED) is 0.401. The molecule has 0 fully saturated rings. The zero-order chi connectivity index (χ0) is 19.4. The van der Waals surface area contributed by atoms with Crippen LogP contribution in [0.3, 0.4) is 0 Å². The van der Waals surface area contributed by atoms with Crippen LogP contribution in [0.25, 0.3) is 0 Å². The summed E-state index contributed by atoms with van der Waals surface area (Å²) in [5.74, 6) is -1.03. The van der Waals surface area contributed by atoms with Crippen molar-refractivity contribution in [2.45, 2.75) is 39.7 Å². The topological polar surface area (TPSA) is 95.0 Å². The van der Waals surface area contributed by atoms with E-state index in [2.05, 4.69) is 4.98 Å². The first-order valence-corrected chi connectivity index (χ1v) is 9.43. The Hall–Kier alpha value is -2.00. The number of thiazole rings is 1. The van der Waals surface area contributed by atoms with Gasteiger partial charge in [-0.3, -0.25) is 9.59 Å². The third-order valence-corrected chi connectivity index (χ3v) is 4.17. The van der Waals surface area contributed by atoms with Crippen molar-refractivity contribution in [2.75, 3.05) is 33.5 Å². The molecule has 0 N–H and O–H groups in total. The minimum atomic E-state index is -0.477. The molecule has 0 spiro atoms. The van der Waals surface area contributed by atoms with Gasteiger partial charge in [0.25, 0.3) is 0 Å². The van der Waals surface area contributed by atoms with Crippen LogP contribution in [-0.2, 0) is 30.3 Å². The van der Waals surface area contributed by atoms with Gasteiger partial charge < -0.3 is 19.1 Å². The summed E-state index contributed by atoms with van der Waals surface area (Å²) >= 11 is 1.29. The maximum atomic E-state index is 12.5. The Kier molecular flexibility index (Phi) is 10.5. The number of ether oxygens (including phenoxy) is 3. The van der Waals surface area contributed by atoms with Gasteiger partial charge in [0, 0.05) is 32.1 Å². The summed E-state index contributed by atoms with van der Waals surface area (Å²) in [4.78, 5) is 41.5. The standard InChI is InChI=1S/C17H26N2O6S/c1-4-24-16(21)8-7-15(20)19(9-6-10-23-3)11-14-18-13(12-26-14)17(22)25-5-2/h12H,4-11H2,1-3H3. The maximum Gasteiger partial charge on any atom is 0.357 e. The Morgan fingerprint density at radius 2 is 1.88 bits per heavy atom. The van der Waals surface area contributed by atoms with Gasteiger partial charge in [-0.05, 0) is 20.3 Å². The van der Waals surface area contributed by atoms with Crippen molar-refractivity contribution < 1.29 is 28.6 Å². The maximum absolute atomic E-state index is 12.5. The van der Waals surface area contributed by atoms with Crippen molar-refractivity contribution in [3.8, 4) is 0 Å². The monoisotopic (exact) mass is 386 g/mol. The van der Waals surface area contributed by atoms with Gasteiger partial charge >= 0.3 is 11.9 Å². The van der Waals surface area contributed by atoms with Crippen molar-refractivity contribution in [2.24, 2.45) is 0 Å². The first kappa shape index (κ1) is 22.0. The van der Waals surface area contributed by atoms with Crippen LogP contribution in [0, 0.1) is 0 Å². The third kappa shape index (κ3) is 7.92. The molecule has 0 aliphatic carbocycles. The van der Waals surface area contributed by atoms with Gasteiger partial charge in [-0.2, -0.15) is 0 Å². The first-order chi connectivity index (χ1) is 12.5. The van der Waals surface area contributed by atoms with Crippen molar-refractivity contribution in [1.82, 2.24) is 9.88 Å². The van der Waals surface area contributed by atoms with Crippen LogP contribution in [0.5, 0.6) is 0 Å². The van der Waals surface area contributed by atoms with Crippen molar-refractivity contribution in [3.63, 3.8) is 0 Å². The molecule has 1 rings (SSSR count). The molecule has 146 valence electrons. The molecule has 0 aromatic carbocycles. The summed E-state index contributed by atoms with van der Waals surface area (Å²) in [6.45, 7) is 5.29. The lowest BCUT2D eigenvalue weighted by molar-refractivity contribution is -0.145. The number of amides is 1. The highest BCUT2D eigenvalue weighted by atomic mass is 32.1. The van der Waals surface area contributed by atoms with Gasteiger partial charge in [-0.25, -0.2) is 9.78 Å². The highest BCUT2D eigenvalue weighted by Gasteiger charge is 2.19. The fourth-order valence-corrected chi connectivity index (χ4v) is 2.92. The van der Waals surface area contributed by atoms with Gasteiger partial charge in [-0.15, -0.1) is 11.3 Å². The Bertz CT molecular complexity index is 590. The summed E-state index contributed by atoms with van der Waals surface area (Å²) in [6, 6.07) is 0. The van der Waals surface area contributed by atoms with Gasteiger partial charge in [-0.1, -0.05) is 0 Å². The average Bonchev–Trinajstić information content (AvgIpc) is 3.08. The minimum Gasteiger partial charge on any atom is -0.466 e. The Morgan fingerprint density at radius 3 is 2.54 bits per heavy atom. The van der Waals surface area contributed by atoms with Crippen LogP contribution in [0.4, 0.5) is 0 Å². The molecule has 1 aromatic rings. The molecule has 9 heteroatoms. The smallest absolute Gasteiger partial charge is 0.357 e. The summed E-state index contributed by atoms with van der Waals surface area (Å²) in [5.41, 5.74) is 0.239. The van der Waals surface area contributed by atoms with Crippen LogP contribution in [0.1, 0.15) is 48.6 Å². The van der Waals surface area contributed by atoms with E-state index in [-0.39, 0.29) is 37.6 Å². The fourth-order valence-electron chi connectivity index (χ4n) is 2.14. The average molecular weight is 386 g/mol. The van der Waals surface area contributed by atoms with Crippen molar-refractivity contribution >= 4 is 29.2 Å². The molecule has 0 atom stereocenters. The van der Waals surface area contributed by atoms with E-state index in [4.69, 9.17) is 14.2 Å². The molecule has 1 aromatic heterocycles. The molecule has 0 radical (unpaired) electrons. The van der Waals surface area contributed by atoms with Gasteiger partial charge in [0.2, 0.25) is 5.91 Å². The number of rotatable bonds is 12. The summed E-state index contributed by atoms with van der Waals surface area (Å²) < 4.78 is 14.8. The summed E-state index contributed by atoms with van der Waals surface area (Å²) in [5, 5.41) is 2.25. The van der Waals surface area contributed by atoms with Crippen molar-refractivity contribution in [1.29, 1.82) is 0 Å². The number of hydrogen-bond acceptors (Lipinski definition) is 8. The zero-order valence-corrected chi connectivity index (χ0v) is 16.3. The Balaban J connectivity index is 2.68. The molecule has 0 aliphatic rings. The number of nitrogens with zero attached hydrogens (tertiary/aromatic N) is 2. The fraction of sp³-hybridized carbons (Fsp3) is 0.647. The van der Waals surface area contributed by atoms with E-state index in [0.717, 1.165) is 0 Å². The lowest BCUT2D eigenvalue weighted by atomic mass is 10.2. The minimum absolute atomic E-state index is 0.0411. The number of esters is 2. The highest BCUT2D eigenvalue weighted by Crippen LogP contribution is 2.15. The second-order valence-corrected chi connectivity index (χ2v) is 6.26. The van der Waals surface area contributed by atoms with E-state index < -0.39 is 11.9 Å². The van der Waals surface area contributed by atoms with E-state index in [1.807, 2.05) is 0 Å². The molecule has 0 bridgehead atoms. The van der Waals surface area contributed by atoms with Crippen LogP contribution in [-0.4, -0.2) is 61.2 Å². The van der Waals surface area contributed by atoms with E-state index in [0.29, 0.717) is 31.2 Å². The van der Waals surface area contributed by atoms with Gasteiger partial charge in [0.05, 0.1) is 26.2 Å². The number of methoxy groups -OCH3 is 1. The molecule has 26 heavy (non-hydrogen) atoms. The first-order valence-electron chi connectivity index (χ1n) is 8.55. The molecule has 1 heterocycles. The van der Waals surface area contributed by atoms with Crippen LogP contribution >= 0.6 is 11.3 Å². The Morgan fingerprint density at radius 1 is 1.15 bits per heavy atom. The van der Waals surface area contributed by atoms with Crippen LogP contribution in [0.15, 0.2) is 5.38 Å². The zero-order valence-electron chi connectivity index (χ0n) is 15.5. The second-order valence-electron chi connectivity index (χ2n) is 5.31. The molecule has 0 aliphatic heterocycles. The molecule has 8 nitrogen and oxygen atoms in total. The lowest BCUT2D eigenvalue weighted by Gasteiger charge is -2.21. The van der Waals surface area contributed by atoms with E-state index in [9.17, 15) is 14.4 Å². The summed E-state index contributed by atoms with van der Waals surface area (Å²) in [7, 11) is 1.60. The molecule has 1 amide bonds. The van der Waals surface area contributed by atoms with Gasteiger partial charge in [0.15, 0.2) is 5.69 Å². The summed E-state index contributed by atoms with van der Waals surface area (Å²) in [6.07, 6.45) is 0.777. The molecule has 0 unspecified atom stereocenters. The lowest BCUT2D eigenvalue weighted by Crippen LogP contribution is -2.32. The molecule has 0 saturated carbocycles. The Labute approximate surface area is 157 Å². The van der Waals surface area contributed by atoms with E-state index in [1.54, 1.807) is 31.2 Å².